The third-order valence-electron chi connectivity index (χ3n) is 3.73. The van der Waals surface area contributed by atoms with Gasteiger partial charge in [-0.05, 0) is 45.7 Å². The first-order valence-electron chi connectivity index (χ1n) is 8.64. The van der Waals surface area contributed by atoms with Gasteiger partial charge in [0.25, 0.3) is 0 Å². The Bertz CT molecular complexity index is 379. The van der Waals surface area contributed by atoms with Gasteiger partial charge in [-0.2, -0.15) is 13.2 Å². The van der Waals surface area contributed by atoms with Crippen LogP contribution in [0.3, 0.4) is 0 Å². The van der Waals surface area contributed by atoms with E-state index in [1.165, 1.54) is 24.8 Å². The first-order chi connectivity index (χ1) is 11.3. The average molecular weight is 480 g/mol. The standard InChI is InChI=1S/C16H31F3N4O.HI/c1-4-20-15(23(3)10-11-24-12-14-6-7-14)21-8-5-9-22(2)13-16(17,18)19;/h14H,4-13H2,1-3H3,(H,20,21);1H. The number of alkyl halides is 3. The number of nitrogens with one attached hydrogen (secondary N) is 1. The predicted molar refractivity (Wildman–Crippen MR) is 106 cm³/mol. The van der Waals surface area contributed by atoms with Gasteiger partial charge in [-0.15, -0.1) is 24.0 Å². The summed E-state index contributed by atoms with van der Waals surface area (Å²) >= 11 is 0. The quantitative estimate of drug-likeness (QED) is 0.214. The fraction of sp³-hybridized carbons (Fsp3) is 0.938. The molecule has 150 valence electrons. The van der Waals surface area contributed by atoms with Gasteiger partial charge in [0, 0.05) is 33.3 Å². The van der Waals surface area contributed by atoms with Gasteiger partial charge in [0.15, 0.2) is 5.96 Å². The summed E-state index contributed by atoms with van der Waals surface area (Å²) in [5.41, 5.74) is 0. The maximum Gasteiger partial charge on any atom is 0.401 e. The Morgan fingerprint density at radius 1 is 1.24 bits per heavy atom. The molecule has 1 rings (SSSR count). The lowest BCUT2D eigenvalue weighted by molar-refractivity contribution is -0.143. The SMILES string of the molecule is CCNC(=NCCCN(C)CC(F)(F)F)N(C)CCOCC1CC1.I. The van der Waals surface area contributed by atoms with Gasteiger partial charge in [-0.1, -0.05) is 0 Å². The molecule has 0 heterocycles. The third kappa shape index (κ3) is 13.6. The molecule has 25 heavy (non-hydrogen) atoms. The summed E-state index contributed by atoms with van der Waals surface area (Å²) in [7, 11) is 3.42. The van der Waals surface area contributed by atoms with Crippen LogP contribution in [0.2, 0.25) is 0 Å². The second kappa shape index (κ2) is 13.0. The number of halogens is 4. The summed E-state index contributed by atoms with van der Waals surface area (Å²) in [6.07, 6.45) is -0.993. The number of hydrogen-bond donors (Lipinski definition) is 1. The fourth-order valence-corrected chi connectivity index (χ4v) is 2.22. The minimum absolute atomic E-state index is 0. The Morgan fingerprint density at radius 3 is 2.48 bits per heavy atom. The monoisotopic (exact) mass is 480 g/mol. The van der Waals surface area contributed by atoms with E-state index in [9.17, 15) is 13.2 Å². The van der Waals surface area contributed by atoms with E-state index in [2.05, 4.69) is 10.3 Å². The summed E-state index contributed by atoms with van der Waals surface area (Å²) in [6.45, 7) is 4.97. The van der Waals surface area contributed by atoms with Gasteiger partial charge in [0.2, 0.25) is 0 Å². The van der Waals surface area contributed by atoms with Crippen molar-refractivity contribution in [1.82, 2.24) is 15.1 Å². The van der Waals surface area contributed by atoms with Crippen molar-refractivity contribution in [3.05, 3.63) is 0 Å². The molecule has 0 aromatic carbocycles. The molecular weight excluding hydrogens is 448 g/mol. The normalized spacial score (nSPS) is 15.2. The molecule has 0 aliphatic heterocycles. The number of nitrogens with zero attached hydrogens (tertiary/aromatic N) is 3. The smallest absolute Gasteiger partial charge is 0.379 e. The van der Waals surface area contributed by atoms with Crippen LogP contribution >= 0.6 is 24.0 Å². The van der Waals surface area contributed by atoms with Gasteiger partial charge >= 0.3 is 6.18 Å². The Kier molecular flexibility index (Phi) is 12.8. The molecule has 0 radical (unpaired) electrons. The van der Waals surface area contributed by atoms with Crippen molar-refractivity contribution in [2.45, 2.75) is 32.4 Å². The summed E-state index contributed by atoms with van der Waals surface area (Å²) in [6, 6.07) is 0. The van der Waals surface area contributed by atoms with Crippen LogP contribution in [0.4, 0.5) is 13.2 Å². The average Bonchev–Trinajstić information content (AvgIpc) is 3.29. The van der Waals surface area contributed by atoms with Crippen LogP contribution in [0.25, 0.3) is 0 Å². The molecule has 1 aliphatic carbocycles. The highest BCUT2D eigenvalue weighted by molar-refractivity contribution is 14.0. The molecule has 0 bridgehead atoms. The molecule has 1 fully saturated rings. The van der Waals surface area contributed by atoms with Crippen LogP contribution in [0, 0.1) is 5.92 Å². The van der Waals surface area contributed by atoms with Crippen LogP contribution in [0.15, 0.2) is 4.99 Å². The molecule has 1 saturated carbocycles. The van der Waals surface area contributed by atoms with Crippen molar-refractivity contribution in [1.29, 1.82) is 0 Å². The molecule has 0 saturated heterocycles. The lowest BCUT2D eigenvalue weighted by atomic mass is 10.4. The second-order valence-electron chi connectivity index (χ2n) is 6.38. The van der Waals surface area contributed by atoms with Crippen LogP contribution in [-0.2, 0) is 4.74 Å². The molecule has 0 amide bonds. The van der Waals surface area contributed by atoms with Gasteiger partial charge in [-0.25, -0.2) is 0 Å². The van der Waals surface area contributed by atoms with Gasteiger partial charge in [0.1, 0.15) is 0 Å². The Balaban J connectivity index is 0.00000576. The largest absolute Gasteiger partial charge is 0.401 e. The molecule has 9 heteroatoms. The molecule has 0 spiro atoms. The van der Waals surface area contributed by atoms with Crippen molar-refractivity contribution in [3.63, 3.8) is 0 Å². The van der Waals surface area contributed by atoms with E-state index in [1.54, 1.807) is 0 Å². The topological polar surface area (TPSA) is 40.1 Å². The van der Waals surface area contributed by atoms with E-state index < -0.39 is 12.7 Å². The van der Waals surface area contributed by atoms with E-state index in [1.807, 2.05) is 18.9 Å². The zero-order chi connectivity index (χ0) is 18.0. The molecule has 1 aliphatic rings. The Labute approximate surface area is 166 Å². The first kappa shape index (κ1) is 24.7. The van der Waals surface area contributed by atoms with E-state index in [0.29, 0.717) is 26.1 Å². The van der Waals surface area contributed by atoms with E-state index >= 15 is 0 Å². The van der Waals surface area contributed by atoms with Crippen LogP contribution < -0.4 is 5.32 Å². The van der Waals surface area contributed by atoms with E-state index in [0.717, 1.165) is 31.6 Å². The second-order valence-corrected chi connectivity index (χ2v) is 6.38. The lowest BCUT2D eigenvalue weighted by Crippen LogP contribution is -2.40. The molecular formula is C16H32F3IN4O. The van der Waals surface area contributed by atoms with Crippen LogP contribution in [-0.4, -0.2) is 82.0 Å². The zero-order valence-electron chi connectivity index (χ0n) is 15.4. The maximum absolute atomic E-state index is 12.3. The number of aliphatic imine (C=N–C) groups is 1. The predicted octanol–water partition coefficient (Wildman–Crippen LogP) is 2.81. The number of rotatable bonds is 11. The molecule has 0 atom stereocenters. The Hall–Kier alpha value is -0.290. The summed E-state index contributed by atoms with van der Waals surface area (Å²) in [5, 5.41) is 3.20. The highest BCUT2D eigenvalue weighted by Gasteiger charge is 2.28. The van der Waals surface area contributed by atoms with Gasteiger partial charge < -0.3 is 15.0 Å². The number of ether oxygens (including phenoxy) is 1. The van der Waals surface area contributed by atoms with Crippen molar-refractivity contribution in [2.24, 2.45) is 10.9 Å². The highest BCUT2D eigenvalue weighted by Crippen LogP contribution is 2.28. The number of guanidine groups is 1. The van der Waals surface area contributed by atoms with E-state index in [4.69, 9.17) is 4.74 Å². The summed E-state index contributed by atoms with van der Waals surface area (Å²) in [5.74, 6) is 1.52. The molecule has 5 nitrogen and oxygen atoms in total. The number of hydrogen-bond acceptors (Lipinski definition) is 3. The van der Waals surface area contributed by atoms with Crippen molar-refractivity contribution >= 4 is 29.9 Å². The minimum Gasteiger partial charge on any atom is -0.379 e. The first-order valence-corrected chi connectivity index (χ1v) is 8.64. The van der Waals surface area contributed by atoms with Crippen molar-refractivity contribution in [3.8, 4) is 0 Å². The summed E-state index contributed by atoms with van der Waals surface area (Å²) in [4.78, 5) is 7.75. The van der Waals surface area contributed by atoms with Crippen molar-refractivity contribution < 1.29 is 17.9 Å². The lowest BCUT2D eigenvalue weighted by Gasteiger charge is -2.22. The summed E-state index contributed by atoms with van der Waals surface area (Å²) < 4.78 is 42.4. The molecule has 0 unspecified atom stereocenters. The Morgan fingerprint density at radius 2 is 1.92 bits per heavy atom. The highest BCUT2D eigenvalue weighted by atomic mass is 127. The fourth-order valence-electron chi connectivity index (χ4n) is 2.22. The van der Waals surface area contributed by atoms with E-state index in [-0.39, 0.29) is 24.0 Å². The number of likely N-dealkylation sites (N-methyl/N-ethyl adjacent to an activating group) is 1. The van der Waals surface area contributed by atoms with Crippen LogP contribution in [0.5, 0.6) is 0 Å². The zero-order valence-corrected chi connectivity index (χ0v) is 17.8. The van der Waals surface area contributed by atoms with Crippen LogP contribution in [0.1, 0.15) is 26.2 Å². The molecule has 1 N–H and O–H groups in total. The maximum atomic E-state index is 12.3. The minimum atomic E-state index is -4.15. The van der Waals surface area contributed by atoms with Crippen molar-refractivity contribution in [2.75, 3.05) is 60.0 Å². The van der Waals surface area contributed by atoms with Gasteiger partial charge in [0.05, 0.1) is 13.2 Å². The van der Waals surface area contributed by atoms with Gasteiger partial charge in [-0.3, -0.25) is 9.89 Å². The molecule has 0 aromatic rings. The third-order valence-corrected chi connectivity index (χ3v) is 3.73. The molecule has 0 aromatic heterocycles.